The zero-order chi connectivity index (χ0) is 17.0. The third-order valence-corrected chi connectivity index (χ3v) is 5.37. The van der Waals surface area contributed by atoms with Crippen LogP contribution in [0.2, 0.25) is 0 Å². The molecule has 1 fully saturated rings. The van der Waals surface area contributed by atoms with Gasteiger partial charge in [0.1, 0.15) is 5.82 Å². The third kappa shape index (κ3) is 4.05. The van der Waals surface area contributed by atoms with E-state index in [1.165, 1.54) is 11.6 Å². The number of ether oxygens (including phenoxy) is 1. The molecule has 1 unspecified atom stereocenters. The van der Waals surface area contributed by atoms with Crippen molar-refractivity contribution >= 4 is 15.9 Å². The number of piperidine rings is 1. The summed E-state index contributed by atoms with van der Waals surface area (Å²) >= 11 is 3.35. The second kappa shape index (κ2) is 7.77. The standard InChI is InChI=1S/C20H23BrFNO/c1-15(16-11-18(21)13-19(22)12-16)24-14-20(7-9-23-10-8-20)17-5-3-2-4-6-17/h2-6,11-13,15,23H,7-10,14H2,1H3. The highest BCUT2D eigenvalue weighted by Crippen LogP contribution is 2.35. The van der Waals surface area contributed by atoms with Crippen molar-refractivity contribution in [2.45, 2.75) is 31.3 Å². The fourth-order valence-electron chi connectivity index (χ4n) is 3.40. The average molecular weight is 392 g/mol. The molecule has 2 aromatic carbocycles. The molecule has 1 atom stereocenters. The highest BCUT2D eigenvalue weighted by Gasteiger charge is 2.34. The minimum Gasteiger partial charge on any atom is -0.373 e. The molecule has 0 aliphatic carbocycles. The van der Waals surface area contributed by atoms with Crippen LogP contribution in [0, 0.1) is 5.82 Å². The van der Waals surface area contributed by atoms with Crippen molar-refractivity contribution in [3.63, 3.8) is 0 Å². The Balaban J connectivity index is 1.76. The van der Waals surface area contributed by atoms with Gasteiger partial charge in [0.05, 0.1) is 12.7 Å². The summed E-state index contributed by atoms with van der Waals surface area (Å²) in [4.78, 5) is 0. The van der Waals surface area contributed by atoms with Crippen LogP contribution in [0.15, 0.2) is 53.0 Å². The Kier molecular flexibility index (Phi) is 5.69. The number of hydrogen-bond donors (Lipinski definition) is 1. The van der Waals surface area contributed by atoms with E-state index in [4.69, 9.17) is 4.74 Å². The second-order valence-electron chi connectivity index (χ2n) is 6.55. The molecule has 0 saturated carbocycles. The van der Waals surface area contributed by atoms with Gasteiger partial charge < -0.3 is 10.1 Å². The van der Waals surface area contributed by atoms with Crippen LogP contribution in [0.4, 0.5) is 4.39 Å². The Hall–Kier alpha value is -1.23. The maximum absolute atomic E-state index is 13.6. The van der Waals surface area contributed by atoms with Crippen LogP contribution in [0.25, 0.3) is 0 Å². The lowest BCUT2D eigenvalue weighted by atomic mass is 9.74. The van der Waals surface area contributed by atoms with E-state index in [-0.39, 0.29) is 17.3 Å². The van der Waals surface area contributed by atoms with Gasteiger partial charge in [-0.05, 0) is 62.2 Å². The summed E-state index contributed by atoms with van der Waals surface area (Å²) in [6.07, 6.45) is 1.96. The first-order valence-corrected chi connectivity index (χ1v) is 9.22. The van der Waals surface area contributed by atoms with Crippen molar-refractivity contribution in [3.8, 4) is 0 Å². The zero-order valence-electron chi connectivity index (χ0n) is 13.9. The second-order valence-corrected chi connectivity index (χ2v) is 7.47. The van der Waals surface area contributed by atoms with Crippen LogP contribution < -0.4 is 5.32 Å². The van der Waals surface area contributed by atoms with Crippen molar-refractivity contribution in [2.75, 3.05) is 19.7 Å². The number of halogens is 2. The van der Waals surface area contributed by atoms with Gasteiger partial charge in [0, 0.05) is 9.89 Å². The number of benzene rings is 2. The lowest BCUT2D eigenvalue weighted by molar-refractivity contribution is 0.0165. The molecule has 0 amide bonds. The molecule has 0 aromatic heterocycles. The largest absolute Gasteiger partial charge is 0.373 e. The summed E-state index contributed by atoms with van der Waals surface area (Å²) in [5.74, 6) is -0.241. The summed E-state index contributed by atoms with van der Waals surface area (Å²) in [7, 11) is 0. The summed E-state index contributed by atoms with van der Waals surface area (Å²) in [5, 5.41) is 3.43. The van der Waals surface area contributed by atoms with Crippen LogP contribution in [0.1, 0.15) is 37.0 Å². The predicted octanol–water partition coefficient (Wildman–Crippen LogP) is 4.99. The molecule has 2 aromatic rings. The van der Waals surface area contributed by atoms with E-state index in [2.05, 4.69) is 45.5 Å². The van der Waals surface area contributed by atoms with Crippen molar-refractivity contribution in [1.82, 2.24) is 5.32 Å². The molecule has 0 spiro atoms. The van der Waals surface area contributed by atoms with Gasteiger partial charge in [-0.1, -0.05) is 46.3 Å². The van der Waals surface area contributed by atoms with Gasteiger partial charge in [0.15, 0.2) is 0 Å². The van der Waals surface area contributed by atoms with Crippen LogP contribution in [-0.2, 0) is 10.2 Å². The van der Waals surface area contributed by atoms with E-state index in [0.717, 1.165) is 36.0 Å². The molecule has 0 bridgehead atoms. The topological polar surface area (TPSA) is 21.3 Å². The lowest BCUT2D eigenvalue weighted by Gasteiger charge is -2.38. The molecule has 1 aliphatic rings. The van der Waals surface area contributed by atoms with E-state index in [0.29, 0.717) is 6.61 Å². The number of hydrogen-bond acceptors (Lipinski definition) is 2. The molecule has 1 heterocycles. The first-order chi connectivity index (χ1) is 11.6. The monoisotopic (exact) mass is 391 g/mol. The minimum absolute atomic E-state index is 0.0331. The molecule has 3 rings (SSSR count). The average Bonchev–Trinajstić information content (AvgIpc) is 2.60. The summed E-state index contributed by atoms with van der Waals surface area (Å²) in [5.41, 5.74) is 2.23. The summed E-state index contributed by atoms with van der Waals surface area (Å²) in [6, 6.07) is 15.5. The van der Waals surface area contributed by atoms with E-state index in [1.807, 2.05) is 19.1 Å². The normalized spacial score (nSPS) is 18.3. The molecular weight excluding hydrogens is 369 g/mol. The van der Waals surface area contributed by atoms with Gasteiger partial charge in [-0.2, -0.15) is 0 Å². The molecule has 2 nitrogen and oxygen atoms in total. The fourth-order valence-corrected chi connectivity index (χ4v) is 3.89. The smallest absolute Gasteiger partial charge is 0.124 e. The lowest BCUT2D eigenvalue weighted by Crippen LogP contribution is -2.43. The molecule has 128 valence electrons. The Morgan fingerprint density at radius 2 is 1.88 bits per heavy atom. The fraction of sp³-hybridized carbons (Fsp3) is 0.400. The first-order valence-electron chi connectivity index (χ1n) is 8.43. The predicted molar refractivity (Wildman–Crippen MR) is 98.7 cm³/mol. The van der Waals surface area contributed by atoms with Crippen LogP contribution in [0.3, 0.4) is 0 Å². The maximum Gasteiger partial charge on any atom is 0.124 e. The molecule has 1 aliphatic heterocycles. The SMILES string of the molecule is CC(OCC1(c2ccccc2)CCNCC1)c1cc(F)cc(Br)c1. The van der Waals surface area contributed by atoms with E-state index < -0.39 is 0 Å². The summed E-state index contributed by atoms with van der Waals surface area (Å²) < 4.78 is 20.6. The molecule has 24 heavy (non-hydrogen) atoms. The highest BCUT2D eigenvalue weighted by molar-refractivity contribution is 9.10. The van der Waals surface area contributed by atoms with Gasteiger partial charge in [0.2, 0.25) is 0 Å². The van der Waals surface area contributed by atoms with Crippen molar-refractivity contribution in [1.29, 1.82) is 0 Å². The first kappa shape index (κ1) is 17.6. The minimum atomic E-state index is -0.241. The van der Waals surface area contributed by atoms with Crippen LogP contribution in [0.5, 0.6) is 0 Å². The van der Waals surface area contributed by atoms with Crippen molar-refractivity contribution in [2.24, 2.45) is 0 Å². The molecule has 1 N–H and O–H groups in total. The Labute approximate surface area is 151 Å². The quantitative estimate of drug-likeness (QED) is 0.775. The van der Waals surface area contributed by atoms with Crippen LogP contribution >= 0.6 is 15.9 Å². The maximum atomic E-state index is 13.6. The van der Waals surface area contributed by atoms with Gasteiger partial charge in [-0.3, -0.25) is 0 Å². The van der Waals surface area contributed by atoms with Crippen LogP contribution in [-0.4, -0.2) is 19.7 Å². The van der Waals surface area contributed by atoms with Gasteiger partial charge in [-0.15, -0.1) is 0 Å². The van der Waals surface area contributed by atoms with Gasteiger partial charge >= 0.3 is 0 Å². The zero-order valence-corrected chi connectivity index (χ0v) is 15.5. The van der Waals surface area contributed by atoms with E-state index in [9.17, 15) is 4.39 Å². The van der Waals surface area contributed by atoms with Crippen molar-refractivity contribution in [3.05, 3.63) is 69.9 Å². The molecule has 0 radical (unpaired) electrons. The van der Waals surface area contributed by atoms with E-state index >= 15 is 0 Å². The Bertz CT molecular complexity index is 650. The molecular formula is C20H23BrFNO. The van der Waals surface area contributed by atoms with Crippen molar-refractivity contribution < 1.29 is 9.13 Å². The number of rotatable bonds is 5. The Morgan fingerprint density at radius 3 is 2.54 bits per heavy atom. The highest BCUT2D eigenvalue weighted by atomic mass is 79.9. The molecule has 4 heteroatoms. The number of nitrogens with one attached hydrogen (secondary N) is 1. The van der Waals surface area contributed by atoms with Gasteiger partial charge in [0.25, 0.3) is 0 Å². The molecule has 1 saturated heterocycles. The third-order valence-electron chi connectivity index (χ3n) is 4.91. The Morgan fingerprint density at radius 1 is 1.17 bits per heavy atom. The van der Waals surface area contributed by atoms with E-state index in [1.54, 1.807) is 6.07 Å². The van der Waals surface area contributed by atoms with Gasteiger partial charge in [-0.25, -0.2) is 4.39 Å². The summed E-state index contributed by atoms with van der Waals surface area (Å²) in [6.45, 7) is 4.63.